The van der Waals surface area contributed by atoms with Crippen LogP contribution in [0.2, 0.25) is 0 Å². The number of methoxy groups -OCH3 is 1. The normalized spacial score (nSPS) is 23.5. The molecule has 1 aliphatic rings. The molecule has 1 rings (SSSR count). The first-order valence-corrected chi connectivity index (χ1v) is 6.47. The summed E-state index contributed by atoms with van der Waals surface area (Å²) in [5, 5.41) is 9.10. The van der Waals surface area contributed by atoms with Crippen LogP contribution < -0.4 is 0 Å². The number of amides is 1. The predicted molar refractivity (Wildman–Crippen MR) is 68.7 cm³/mol. The number of carboxylic acid groups (broad SMARTS) is 1. The van der Waals surface area contributed by atoms with Crippen LogP contribution in [0.3, 0.4) is 0 Å². The summed E-state index contributed by atoms with van der Waals surface area (Å²) in [5.74, 6) is -1.02. The number of likely N-dealkylation sites (tertiary alicyclic amines) is 1. The molecule has 0 radical (unpaired) electrons. The predicted octanol–water partition coefficient (Wildman–Crippen LogP) is 2.08. The number of nitrogens with zero attached hydrogens (tertiary/aromatic N) is 1. The first kappa shape index (κ1) is 15.8. The third-order valence-corrected chi connectivity index (χ3v) is 3.18. The molecule has 19 heavy (non-hydrogen) atoms. The minimum absolute atomic E-state index is 0.0676. The molecule has 0 aromatic heterocycles. The van der Waals surface area contributed by atoms with E-state index in [9.17, 15) is 9.59 Å². The van der Waals surface area contributed by atoms with Gasteiger partial charge in [0.2, 0.25) is 0 Å². The highest BCUT2D eigenvalue weighted by atomic mass is 16.6. The van der Waals surface area contributed by atoms with Crippen LogP contribution in [0.1, 0.15) is 40.0 Å². The van der Waals surface area contributed by atoms with E-state index >= 15 is 0 Å². The SMILES string of the molecule is COC1CC[C@H](C(=O)O)N1C(=O)OCCC(C)(C)C. The summed E-state index contributed by atoms with van der Waals surface area (Å²) < 4.78 is 10.3. The smallest absolute Gasteiger partial charge is 0.412 e. The quantitative estimate of drug-likeness (QED) is 0.848. The summed E-state index contributed by atoms with van der Waals surface area (Å²) in [4.78, 5) is 24.3. The number of hydrogen-bond acceptors (Lipinski definition) is 4. The van der Waals surface area contributed by atoms with Gasteiger partial charge in [0.05, 0.1) is 6.61 Å². The zero-order chi connectivity index (χ0) is 14.6. The number of aliphatic carboxylic acids is 1. The Bertz CT molecular complexity index is 336. The Balaban J connectivity index is 2.58. The van der Waals surface area contributed by atoms with Gasteiger partial charge < -0.3 is 14.6 Å². The van der Waals surface area contributed by atoms with E-state index in [1.807, 2.05) is 0 Å². The lowest BCUT2D eigenvalue weighted by molar-refractivity contribution is -0.144. The molecule has 1 aliphatic heterocycles. The lowest BCUT2D eigenvalue weighted by Crippen LogP contribution is -2.46. The summed E-state index contributed by atoms with van der Waals surface area (Å²) in [7, 11) is 1.46. The highest BCUT2D eigenvalue weighted by molar-refractivity contribution is 5.80. The summed E-state index contributed by atoms with van der Waals surface area (Å²) >= 11 is 0. The molecular weight excluding hydrogens is 250 g/mol. The van der Waals surface area contributed by atoms with Crippen molar-refractivity contribution in [3.05, 3.63) is 0 Å². The van der Waals surface area contributed by atoms with Gasteiger partial charge in [0.15, 0.2) is 0 Å². The van der Waals surface area contributed by atoms with Gasteiger partial charge in [0, 0.05) is 7.11 Å². The molecule has 0 aromatic rings. The molecule has 1 fully saturated rings. The number of hydrogen-bond donors (Lipinski definition) is 1. The Hall–Kier alpha value is -1.30. The summed E-state index contributed by atoms with van der Waals surface area (Å²) in [5.41, 5.74) is 0.0676. The Morgan fingerprint density at radius 3 is 2.42 bits per heavy atom. The highest BCUT2D eigenvalue weighted by Crippen LogP contribution is 2.26. The van der Waals surface area contributed by atoms with E-state index in [1.54, 1.807) is 0 Å². The Labute approximate surface area is 113 Å². The molecule has 2 atom stereocenters. The number of carboxylic acids is 1. The second-order valence-corrected chi connectivity index (χ2v) is 5.95. The maximum absolute atomic E-state index is 12.0. The molecule has 0 aliphatic carbocycles. The van der Waals surface area contributed by atoms with Gasteiger partial charge in [-0.3, -0.25) is 4.90 Å². The third kappa shape index (κ3) is 4.38. The maximum Gasteiger partial charge on any atom is 0.412 e. The fraction of sp³-hybridized carbons (Fsp3) is 0.846. The first-order chi connectivity index (χ1) is 8.76. The van der Waals surface area contributed by atoms with Gasteiger partial charge >= 0.3 is 12.1 Å². The second kappa shape index (κ2) is 6.23. The van der Waals surface area contributed by atoms with Gasteiger partial charge in [-0.1, -0.05) is 20.8 Å². The molecule has 6 nitrogen and oxygen atoms in total. The van der Waals surface area contributed by atoms with Crippen LogP contribution in [0.4, 0.5) is 4.79 Å². The van der Waals surface area contributed by atoms with Crippen LogP contribution >= 0.6 is 0 Å². The summed E-state index contributed by atoms with van der Waals surface area (Å²) in [6.07, 6.45) is 0.510. The van der Waals surface area contributed by atoms with Crippen LogP contribution in [-0.2, 0) is 14.3 Å². The van der Waals surface area contributed by atoms with Gasteiger partial charge in [-0.25, -0.2) is 9.59 Å². The van der Waals surface area contributed by atoms with E-state index in [0.29, 0.717) is 12.8 Å². The van der Waals surface area contributed by atoms with Crippen molar-refractivity contribution < 1.29 is 24.2 Å². The van der Waals surface area contributed by atoms with Crippen LogP contribution in [0, 0.1) is 5.41 Å². The topological polar surface area (TPSA) is 76.1 Å². The molecular formula is C13H23NO5. The Kier molecular flexibility index (Phi) is 5.17. The molecule has 0 saturated carbocycles. The zero-order valence-electron chi connectivity index (χ0n) is 12.0. The van der Waals surface area contributed by atoms with Gasteiger partial charge in [-0.05, 0) is 24.7 Å². The van der Waals surface area contributed by atoms with Crippen molar-refractivity contribution in [2.75, 3.05) is 13.7 Å². The highest BCUT2D eigenvalue weighted by Gasteiger charge is 2.42. The monoisotopic (exact) mass is 273 g/mol. The minimum atomic E-state index is -1.02. The van der Waals surface area contributed by atoms with Crippen LogP contribution in [-0.4, -0.2) is 48.1 Å². The Morgan fingerprint density at radius 1 is 1.32 bits per heavy atom. The lowest BCUT2D eigenvalue weighted by atomic mass is 9.93. The van der Waals surface area contributed by atoms with Crippen molar-refractivity contribution in [2.24, 2.45) is 5.41 Å². The van der Waals surface area contributed by atoms with Crippen molar-refractivity contribution in [2.45, 2.75) is 52.3 Å². The number of rotatable bonds is 4. The van der Waals surface area contributed by atoms with Crippen molar-refractivity contribution in [1.29, 1.82) is 0 Å². The van der Waals surface area contributed by atoms with E-state index in [0.717, 1.165) is 6.42 Å². The fourth-order valence-electron chi connectivity index (χ4n) is 2.02. The Morgan fingerprint density at radius 2 is 1.95 bits per heavy atom. The van der Waals surface area contributed by atoms with E-state index in [4.69, 9.17) is 14.6 Å². The van der Waals surface area contributed by atoms with Crippen LogP contribution in [0.15, 0.2) is 0 Å². The largest absolute Gasteiger partial charge is 0.480 e. The zero-order valence-corrected chi connectivity index (χ0v) is 12.0. The number of ether oxygens (including phenoxy) is 2. The van der Waals surface area contributed by atoms with E-state index in [2.05, 4.69) is 20.8 Å². The number of carbonyl (C=O) groups excluding carboxylic acids is 1. The van der Waals surface area contributed by atoms with Crippen LogP contribution in [0.5, 0.6) is 0 Å². The lowest BCUT2D eigenvalue weighted by Gasteiger charge is -2.27. The maximum atomic E-state index is 12.0. The minimum Gasteiger partial charge on any atom is -0.480 e. The average Bonchev–Trinajstić information content (AvgIpc) is 2.70. The van der Waals surface area contributed by atoms with E-state index in [1.165, 1.54) is 12.0 Å². The van der Waals surface area contributed by atoms with Gasteiger partial charge in [-0.2, -0.15) is 0 Å². The molecule has 1 N–H and O–H groups in total. The molecule has 1 amide bonds. The molecule has 1 unspecified atom stereocenters. The van der Waals surface area contributed by atoms with Gasteiger partial charge in [-0.15, -0.1) is 0 Å². The van der Waals surface area contributed by atoms with E-state index in [-0.39, 0.29) is 12.0 Å². The summed E-state index contributed by atoms with van der Waals surface area (Å²) in [6, 6.07) is -0.855. The molecule has 6 heteroatoms. The molecule has 0 spiro atoms. The van der Waals surface area contributed by atoms with Gasteiger partial charge in [0.1, 0.15) is 12.3 Å². The molecule has 0 aromatic carbocycles. The standard InChI is InChI=1S/C13H23NO5/c1-13(2,3)7-8-19-12(17)14-9(11(15)16)5-6-10(14)18-4/h9-10H,5-8H2,1-4H3,(H,15,16)/t9-,10?/m1/s1. The third-order valence-electron chi connectivity index (χ3n) is 3.18. The number of carbonyl (C=O) groups is 2. The molecule has 110 valence electrons. The van der Waals surface area contributed by atoms with Gasteiger partial charge in [0.25, 0.3) is 0 Å². The van der Waals surface area contributed by atoms with Crippen LogP contribution in [0.25, 0.3) is 0 Å². The molecule has 1 heterocycles. The van der Waals surface area contributed by atoms with Crippen molar-refractivity contribution in [1.82, 2.24) is 4.90 Å². The second-order valence-electron chi connectivity index (χ2n) is 5.95. The first-order valence-electron chi connectivity index (χ1n) is 6.47. The van der Waals surface area contributed by atoms with Crippen molar-refractivity contribution in [3.63, 3.8) is 0 Å². The fourth-order valence-corrected chi connectivity index (χ4v) is 2.02. The summed E-state index contributed by atoms with van der Waals surface area (Å²) in [6.45, 7) is 6.43. The van der Waals surface area contributed by atoms with Crippen molar-refractivity contribution in [3.8, 4) is 0 Å². The molecule has 0 bridgehead atoms. The molecule has 1 saturated heterocycles. The van der Waals surface area contributed by atoms with Crippen molar-refractivity contribution >= 4 is 12.1 Å². The average molecular weight is 273 g/mol. The van der Waals surface area contributed by atoms with E-state index < -0.39 is 24.3 Å².